The molecule has 0 spiro atoms. The van der Waals surface area contributed by atoms with Crippen LogP contribution in [0.15, 0.2) is 59.6 Å². The highest BCUT2D eigenvalue weighted by Crippen LogP contribution is 2.50. The van der Waals surface area contributed by atoms with Crippen LogP contribution in [0.5, 0.6) is 17.4 Å². The summed E-state index contributed by atoms with van der Waals surface area (Å²) in [4.78, 5) is 40.3. The Labute approximate surface area is 304 Å². The van der Waals surface area contributed by atoms with Crippen molar-refractivity contribution < 1.29 is 32.2 Å². The molecule has 0 radical (unpaired) electrons. The zero-order valence-electron chi connectivity index (χ0n) is 30.0. The third kappa shape index (κ3) is 6.62. The summed E-state index contributed by atoms with van der Waals surface area (Å²) >= 11 is 0. The Hall–Kier alpha value is -4.91. The van der Waals surface area contributed by atoms with E-state index in [1.165, 1.54) is 56.8 Å². The maximum Gasteiger partial charge on any atom is 0.318 e. The lowest BCUT2D eigenvalue weighted by Crippen LogP contribution is -2.61. The van der Waals surface area contributed by atoms with Crippen molar-refractivity contribution in [2.45, 2.75) is 49.6 Å². The fourth-order valence-corrected chi connectivity index (χ4v) is 9.12. The molecular formula is C37H45N7O7S. The number of fused-ring (bicyclic) bond motifs is 1. The molecule has 1 unspecified atom stereocenters. The number of carbonyl (C=O) groups excluding carboxylic acids is 2. The number of urea groups is 1. The van der Waals surface area contributed by atoms with Gasteiger partial charge in [-0.2, -0.15) is 9.57 Å². The van der Waals surface area contributed by atoms with Crippen molar-refractivity contribution >= 4 is 27.6 Å². The SMILES string of the molecule is CCCN1CCC(N2CCN(C(=O)NC3(c4cccnc4OCC)C(=O)N(S(=O)(=O)c4ccc(OC)cc4OC)c4ccc(C#N)cc43)CC2)CC1. The highest BCUT2D eigenvalue weighted by Gasteiger charge is 2.59. The molecule has 2 aromatic carbocycles. The monoisotopic (exact) mass is 731 g/mol. The first-order valence-corrected chi connectivity index (χ1v) is 19.0. The number of ether oxygens (including phenoxy) is 3. The molecule has 0 saturated carbocycles. The number of rotatable bonds is 11. The summed E-state index contributed by atoms with van der Waals surface area (Å²) in [6, 6.07) is 13.5. The Morgan fingerprint density at radius 1 is 1.00 bits per heavy atom. The van der Waals surface area contributed by atoms with E-state index in [9.17, 15) is 18.5 Å². The number of amides is 3. The number of nitrogens with one attached hydrogen (secondary N) is 1. The van der Waals surface area contributed by atoms with Crippen molar-refractivity contribution in [3.8, 4) is 23.4 Å². The number of anilines is 1. The van der Waals surface area contributed by atoms with Gasteiger partial charge in [0.15, 0.2) is 5.54 Å². The van der Waals surface area contributed by atoms with Gasteiger partial charge in [-0.1, -0.05) is 6.92 Å². The number of hydrogen-bond donors (Lipinski definition) is 1. The number of benzene rings is 2. The Kier molecular flexibility index (Phi) is 10.9. The Balaban J connectivity index is 1.40. The van der Waals surface area contributed by atoms with Crippen molar-refractivity contribution in [1.29, 1.82) is 5.26 Å². The third-order valence-electron chi connectivity index (χ3n) is 10.1. The van der Waals surface area contributed by atoms with Crippen LogP contribution < -0.4 is 23.8 Å². The smallest absolute Gasteiger partial charge is 0.318 e. The number of sulfonamides is 1. The fourth-order valence-electron chi connectivity index (χ4n) is 7.52. The summed E-state index contributed by atoms with van der Waals surface area (Å²) in [5.74, 6) is -0.653. The first-order chi connectivity index (χ1) is 25.1. The van der Waals surface area contributed by atoms with Crippen LogP contribution in [-0.4, -0.2) is 113 Å². The molecule has 52 heavy (non-hydrogen) atoms. The summed E-state index contributed by atoms with van der Waals surface area (Å²) in [6.07, 6.45) is 4.77. The summed E-state index contributed by atoms with van der Waals surface area (Å²) < 4.78 is 46.6. The molecule has 1 aromatic heterocycles. The van der Waals surface area contributed by atoms with Gasteiger partial charge in [-0.25, -0.2) is 18.2 Å². The van der Waals surface area contributed by atoms with Gasteiger partial charge in [0.1, 0.15) is 16.4 Å². The van der Waals surface area contributed by atoms with E-state index in [1.807, 2.05) is 0 Å². The van der Waals surface area contributed by atoms with E-state index in [0.717, 1.165) is 38.9 Å². The lowest BCUT2D eigenvalue weighted by atomic mass is 9.83. The molecule has 0 aliphatic carbocycles. The number of hydrogen-bond acceptors (Lipinski definition) is 11. The van der Waals surface area contributed by atoms with Gasteiger partial charge in [-0.3, -0.25) is 9.69 Å². The van der Waals surface area contributed by atoms with Gasteiger partial charge in [-0.05, 0) is 88.3 Å². The van der Waals surface area contributed by atoms with E-state index < -0.39 is 27.5 Å². The predicted octanol–water partition coefficient (Wildman–Crippen LogP) is 3.55. The van der Waals surface area contributed by atoms with Gasteiger partial charge < -0.3 is 29.3 Å². The van der Waals surface area contributed by atoms with Gasteiger partial charge in [-0.15, -0.1) is 0 Å². The highest BCUT2D eigenvalue weighted by molar-refractivity contribution is 7.93. The van der Waals surface area contributed by atoms with Crippen LogP contribution in [-0.2, 0) is 20.4 Å². The Bertz CT molecular complexity index is 1950. The van der Waals surface area contributed by atoms with Crippen molar-refractivity contribution in [3.63, 3.8) is 0 Å². The van der Waals surface area contributed by atoms with E-state index in [1.54, 1.807) is 24.0 Å². The molecule has 15 heteroatoms. The number of pyridine rings is 1. The van der Waals surface area contributed by atoms with Gasteiger partial charge in [0.05, 0.1) is 43.7 Å². The maximum absolute atomic E-state index is 15.2. The van der Waals surface area contributed by atoms with Crippen LogP contribution in [0.3, 0.4) is 0 Å². The second-order valence-corrected chi connectivity index (χ2v) is 14.8. The molecular weight excluding hydrogens is 687 g/mol. The molecule has 4 heterocycles. The third-order valence-corrected chi connectivity index (χ3v) is 11.8. The standard InChI is InChI=1S/C37H45N7O7S/c1-5-16-41-17-13-27(14-18-41)42-19-21-43(22-20-42)36(46)40-37(29-8-7-15-39-34(29)51-6-2)30-23-26(25-38)9-11-31(30)44(35(37)45)52(47,48)33-12-10-28(49-3)24-32(33)50-4/h7-12,15,23-24,27H,5-6,13-14,16-22H2,1-4H3,(H,40,46). The summed E-state index contributed by atoms with van der Waals surface area (Å²) in [7, 11) is -1.94. The Morgan fingerprint density at radius 2 is 1.75 bits per heavy atom. The van der Waals surface area contributed by atoms with Crippen molar-refractivity contribution in [2.24, 2.45) is 0 Å². The lowest BCUT2D eigenvalue weighted by Gasteiger charge is -2.43. The number of aromatic nitrogens is 1. The number of nitrogens with zero attached hydrogens (tertiary/aromatic N) is 6. The zero-order valence-corrected chi connectivity index (χ0v) is 30.8. The highest BCUT2D eigenvalue weighted by atomic mass is 32.2. The molecule has 1 N–H and O–H groups in total. The molecule has 3 aliphatic heterocycles. The van der Waals surface area contributed by atoms with Gasteiger partial charge in [0.25, 0.3) is 15.9 Å². The molecule has 276 valence electrons. The average Bonchev–Trinajstić information content (AvgIpc) is 3.42. The lowest BCUT2D eigenvalue weighted by molar-refractivity contribution is -0.121. The first-order valence-electron chi connectivity index (χ1n) is 17.6. The van der Waals surface area contributed by atoms with E-state index in [2.05, 4.69) is 33.1 Å². The molecule has 3 aliphatic rings. The van der Waals surface area contributed by atoms with E-state index >= 15 is 4.79 Å². The van der Waals surface area contributed by atoms with Gasteiger partial charge in [0.2, 0.25) is 5.88 Å². The molecule has 0 bridgehead atoms. The largest absolute Gasteiger partial charge is 0.497 e. The quantitative estimate of drug-likeness (QED) is 0.308. The average molecular weight is 732 g/mol. The van der Waals surface area contributed by atoms with E-state index in [-0.39, 0.29) is 45.5 Å². The first kappa shape index (κ1) is 36.9. The molecule has 2 fully saturated rings. The van der Waals surface area contributed by atoms with Crippen LogP contribution in [0, 0.1) is 11.3 Å². The molecule has 14 nitrogen and oxygen atoms in total. The summed E-state index contributed by atoms with van der Waals surface area (Å²) in [5.41, 5.74) is -1.80. The van der Waals surface area contributed by atoms with E-state index in [4.69, 9.17) is 14.2 Å². The number of methoxy groups -OCH3 is 2. The number of carbonyl (C=O) groups is 2. The number of nitriles is 1. The van der Waals surface area contributed by atoms with E-state index in [0.29, 0.717) is 42.3 Å². The normalized spacial score (nSPS) is 19.9. The topological polar surface area (TPSA) is 158 Å². The molecule has 1 atom stereocenters. The summed E-state index contributed by atoms with van der Waals surface area (Å²) in [5, 5.41) is 12.9. The molecule has 3 amide bonds. The second kappa shape index (κ2) is 15.4. The zero-order chi connectivity index (χ0) is 37.0. The number of piperidine rings is 1. The Morgan fingerprint density at radius 3 is 2.40 bits per heavy atom. The molecule has 6 rings (SSSR count). The minimum atomic E-state index is -4.70. The maximum atomic E-state index is 15.2. The van der Waals surface area contributed by atoms with Gasteiger partial charge in [0, 0.05) is 50.0 Å². The van der Waals surface area contributed by atoms with Crippen LogP contribution in [0.1, 0.15) is 49.8 Å². The fraction of sp³-hybridized carbons (Fsp3) is 0.459. The van der Waals surface area contributed by atoms with Crippen LogP contribution >= 0.6 is 0 Å². The predicted molar refractivity (Wildman–Crippen MR) is 193 cm³/mol. The molecule has 2 saturated heterocycles. The summed E-state index contributed by atoms with van der Waals surface area (Å²) in [6.45, 7) is 9.49. The van der Waals surface area contributed by atoms with Crippen LogP contribution in [0.25, 0.3) is 0 Å². The molecule has 3 aromatic rings. The van der Waals surface area contributed by atoms with Crippen molar-refractivity contribution in [1.82, 2.24) is 25.0 Å². The van der Waals surface area contributed by atoms with Crippen molar-refractivity contribution in [2.75, 3.05) is 70.9 Å². The second-order valence-electron chi connectivity index (χ2n) is 13.0. The van der Waals surface area contributed by atoms with Gasteiger partial charge >= 0.3 is 6.03 Å². The van der Waals surface area contributed by atoms with Crippen molar-refractivity contribution in [3.05, 3.63) is 71.4 Å². The minimum Gasteiger partial charge on any atom is -0.497 e. The minimum absolute atomic E-state index is 0.0345. The number of piperazine rings is 1. The van der Waals surface area contributed by atoms with Crippen LogP contribution in [0.2, 0.25) is 0 Å². The van der Waals surface area contributed by atoms with Crippen LogP contribution in [0.4, 0.5) is 10.5 Å². The number of likely N-dealkylation sites (tertiary alicyclic amines) is 1.